The van der Waals surface area contributed by atoms with Gasteiger partial charge >= 0.3 is 12.0 Å². The number of likely N-dealkylation sites (tertiary alicyclic amines) is 1. The van der Waals surface area contributed by atoms with Gasteiger partial charge in [0.15, 0.2) is 0 Å². The van der Waals surface area contributed by atoms with Gasteiger partial charge in [0.05, 0.1) is 11.7 Å². The molecule has 24 heavy (non-hydrogen) atoms. The molecular weight excluding hydrogens is 332 g/mol. The highest BCUT2D eigenvalue weighted by Gasteiger charge is 2.42. The molecule has 8 nitrogen and oxygen atoms in total. The van der Waals surface area contributed by atoms with E-state index in [-0.39, 0.29) is 12.6 Å². The number of furan rings is 1. The first kappa shape index (κ1) is 16.2. The molecule has 3 heterocycles. The molecule has 1 aliphatic rings. The molecular formula is C15H16N4O4S. The molecule has 0 saturated carbocycles. The Bertz CT molecular complexity index is 770. The van der Waals surface area contributed by atoms with Crippen molar-refractivity contribution in [2.75, 3.05) is 18.4 Å². The van der Waals surface area contributed by atoms with Gasteiger partial charge in [0.2, 0.25) is 5.13 Å². The maximum absolute atomic E-state index is 12.2. The lowest BCUT2D eigenvalue weighted by atomic mass is 9.90. The van der Waals surface area contributed by atoms with Crippen molar-refractivity contribution in [1.29, 1.82) is 0 Å². The molecule has 0 aromatic carbocycles. The fourth-order valence-corrected chi connectivity index (χ4v) is 3.01. The number of aliphatic carboxylic acids is 1. The molecule has 0 spiro atoms. The second-order valence-electron chi connectivity index (χ2n) is 5.76. The van der Waals surface area contributed by atoms with E-state index >= 15 is 0 Å². The van der Waals surface area contributed by atoms with Crippen molar-refractivity contribution in [2.45, 2.75) is 13.3 Å². The van der Waals surface area contributed by atoms with Crippen LogP contribution in [-0.2, 0) is 4.79 Å². The molecule has 0 radical (unpaired) electrons. The van der Waals surface area contributed by atoms with Crippen LogP contribution in [0.1, 0.15) is 24.1 Å². The summed E-state index contributed by atoms with van der Waals surface area (Å²) in [6, 6.07) is 3.23. The molecule has 2 aromatic heterocycles. The van der Waals surface area contributed by atoms with Crippen LogP contribution in [0.2, 0.25) is 0 Å². The lowest BCUT2D eigenvalue weighted by Crippen LogP contribution is -2.37. The van der Waals surface area contributed by atoms with Crippen LogP contribution >= 0.6 is 11.3 Å². The molecule has 3 rings (SSSR count). The average molecular weight is 348 g/mol. The molecule has 9 heteroatoms. The minimum absolute atomic E-state index is 0.179. The summed E-state index contributed by atoms with van der Waals surface area (Å²) in [5, 5.41) is 20.7. The number of nitrogens with one attached hydrogen (secondary N) is 1. The Balaban J connectivity index is 1.59. The molecule has 1 atom stereocenters. The van der Waals surface area contributed by atoms with Gasteiger partial charge in [-0.25, -0.2) is 4.79 Å². The number of hydrogen-bond donors (Lipinski definition) is 2. The normalized spacial score (nSPS) is 20.6. The Morgan fingerprint density at radius 1 is 1.46 bits per heavy atom. The van der Waals surface area contributed by atoms with Gasteiger partial charge in [0, 0.05) is 13.1 Å². The zero-order chi connectivity index (χ0) is 17.2. The number of hydrogen-bond acceptors (Lipinski definition) is 6. The average Bonchev–Trinajstić information content (AvgIpc) is 3.26. The zero-order valence-electron chi connectivity index (χ0n) is 12.9. The van der Waals surface area contributed by atoms with Crippen molar-refractivity contribution < 1.29 is 19.1 Å². The van der Waals surface area contributed by atoms with E-state index in [0.29, 0.717) is 28.9 Å². The predicted molar refractivity (Wildman–Crippen MR) is 88.5 cm³/mol. The third-order valence-electron chi connectivity index (χ3n) is 3.86. The Labute approximate surface area is 141 Å². The first-order chi connectivity index (χ1) is 11.5. The van der Waals surface area contributed by atoms with Gasteiger partial charge in [0.1, 0.15) is 10.8 Å². The molecule has 2 amide bonds. The second kappa shape index (κ2) is 6.44. The first-order valence-electron chi connectivity index (χ1n) is 7.31. The minimum atomic E-state index is -0.893. The maximum atomic E-state index is 12.2. The van der Waals surface area contributed by atoms with Crippen LogP contribution in [0.5, 0.6) is 0 Å². The number of carboxylic acids is 1. The van der Waals surface area contributed by atoms with Crippen LogP contribution in [0.3, 0.4) is 0 Å². The third-order valence-corrected chi connectivity index (χ3v) is 4.67. The number of amides is 2. The fraction of sp³-hybridized carbons (Fsp3) is 0.333. The third kappa shape index (κ3) is 3.46. The zero-order valence-corrected chi connectivity index (χ0v) is 13.7. The molecule has 2 N–H and O–H groups in total. The molecule has 0 aliphatic carbocycles. The number of rotatable bonds is 4. The van der Waals surface area contributed by atoms with E-state index in [4.69, 9.17) is 4.42 Å². The summed E-state index contributed by atoms with van der Waals surface area (Å²) >= 11 is 1.22. The number of aromatic nitrogens is 2. The topological polar surface area (TPSA) is 109 Å². The Hall–Kier alpha value is -2.68. The Kier molecular flexibility index (Phi) is 4.34. The van der Waals surface area contributed by atoms with Gasteiger partial charge in [0.25, 0.3) is 0 Å². The van der Waals surface area contributed by atoms with Crippen molar-refractivity contribution in [3.8, 4) is 0 Å². The summed E-state index contributed by atoms with van der Waals surface area (Å²) in [5.41, 5.74) is -0.893. The van der Waals surface area contributed by atoms with Crippen molar-refractivity contribution in [2.24, 2.45) is 5.41 Å². The van der Waals surface area contributed by atoms with E-state index in [1.807, 2.05) is 6.07 Å². The number of anilines is 1. The molecule has 1 unspecified atom stereocenters. The SMILES string of the molecule is CC1(C(=O)O)CCN(C(=O)Nc2nnc(/C=C/c3ccco3)s2)C1. The standard InChI is InChI=1S/C15H16N4O4S/c1-15(12(20)21)6-7-19(9-15)14(22)16-13-18-17-11(24-13)5-4-10-3-2-8-23-10/h2-5,8H,6-7,9H2,1H3,(H,20,21)(H,16,18,22)/b5-4+. The van der Waals surface area contributed by atoms with Crippen molar-refractivity contribution >= 4 is 40.6 Å². The van der Waals surface area contributed by atoms with E-state index in [0.717, 1.165) is 0 Å². The number of urea groups is 1. The Morgan fingerprint density at radius 2 is 2.29 bits per heavy atom. The molecule has 2 aromatic rings. The number of nitrogens with zero attached hydrogens (tertiary/aromatic N) is 3. The van der Waals surface area contributed by atoms with E-state index in [2.05, 4.69) is 15.5 Å². The Morgan fingerprint density at radius 3 is 2.96 bits per heavy atom. The summed E-state index contributed by atoms with van der Waals surface area (Å²) in [6.45, 7) is 2.22. The van der Waals surface area contributed by atoms with Gasteiger partial charge in [-0.2, -0.15) is 0 Å². The summed E-state index contributed by atoms with van der Waals surface area (Å²) < 4.78 is 5.18. The van der Waals surface area contributed by atoms with Crippen molar-refractivity contribution in [1.82, 2.24) is 15.1 Å². The molecule has 1 saturated heterocycles. The van der Waals surface area contributed by atoms with Crippen LogP contribution in [0.25, 0.3) is 12.2 Å². The minimum Gasteiger partial charge on any atom is -0.481 e. The largest absolute Gasteiger partial charge is 0.481 e. The van der Waals surface area contributed by atoms with Gasteiger partial charge < -0.3 is 14.4 Å². The van der Waals surface area contributed by atoms with E-state index in [1.54, 1.807) is 31.4 Å². The molecule has 0 bridgehead atoms. The van der Waals surface area contributed by atoms with E-state index < -0.39 is 11.4 Å². The number of carboxylic acid groups (broad SMARTS) is 1. The van der Waals surface area contributed by atoms with E-state index in [1.165, 1.54) is 16.2 Å². The van der Waals surface area contributed by atoms with Crippen LogP contribution in [0.15, 0.2) is 22.8 Å². The number of carbonyl (C=O) groups is 2. The highest BCUT2D eigenvalue weighted by molar-refractivity contribution is 7.16. The number of carbonyl (C=O) groups excluding carboxylic acids is 1. The fourth-order valence-electron chi connectivity index (χ4n) is 2.37. The van der Waals surface area contributed by atoms with Crippen LogP contribution < -0.4 is 5.32 Å². The van der Waals surface area contributed by atoms with Crippen molar-refractivity contribution in [3.05, 3.63) is 29.2 Å². The van der Waals surface area contributed by atoms with Gasteiger partial charge in [-0.05, 0) is 37.6 Å². The summed E-state index contributed by atoms with van der Waals surface area (Å²) in [7, 11) is 0. The summed E-state index contributed by atoms with van der Waals surface area (Å²) in [5.74, 6) is -0.195. The van der Waals surface area contributed by atoms with Crippen molar-refractivity contribution in [3.63, 3.8) is 0 Å². The maximum Gasteiger partial charge on any atom is 0.323 e. The van der Waals surface area contributed by atoms with Gasteiger partial charge in [-0.15, -0.1) is 10.2 Å². The monoisotopic (exact) mass is 348 g/mol. The molecule has 1 aliphatic heterocycles. The van der Waals surface area contributed by atoms with E-state index in [9.17, 15) is 14.7 Å². The highest BCUT2D eigenvalue weighted by Crippen LogP contribution is 2.30. The van der Waals surface area contributed by atoms with Crippen LogP contribution in [-0.4, -0.2) is 45.3 Å². The molecule has 126 valence electrons. The van der Waals surface area contributed by atoms with Crippen LogP contribution in [0, 0.1) is 5.41 Å². The summed E-state index contributed by atoms with van der Waals surface area (Å²) in [6.07, 6.45) is 5.50. The smallest absolute Gasteiger partial charge is 0.323 e. The highest BCUT2D eigenvalue weighted by atomic mass is 32.1. The lowest BCUT2D eigenvalue weighted by molar-refractivity contribution is -0.146. The van der Waals surface area contributed by atoms with Gasteiger partial charge in [-0.3, -0.25) is 10.1 Å². The first-order valence-corrected chi connectivity index (χ1v) is 8.12. The predicted octanol–water partition coefficient (Wildman–Crippen LogP) is 2.63. The van der Waals surface area contributed by atoms with Crippen LogP contribution in [0.4, 0.5) is 9.93 Å². The summed E-state index contributed by atoms with van der Waals surface area (Å²) in [4.78, 5) is 24.9. The molecule has 1 fully saturated rings. The van der Waals surface area contributed by atoms with Gasteiger partial charge in [-0.1, -0.05) is 11.3 Å². The lowest BCUT2D eigenvalue weighted by Gasteiger charge is -2.19. The second-order valence-corrected chi connectivity index (χ2v) is 6.77. The quantitative estimate of drug-likeness (QED) is 0.879.